The zero-order chi connectivity index (χ0) is 10.8. The normalized spacial score (nSPS) is 11.1. The number of esters is 1. The van der Waals surface area contributed by atoms with Gasteiger partial charge in [0.05, 0.1) is 6.61 Å². The number of nitrogens with one attached hydrogen (secondary N) is 1. The fraction of sp³-hybridized carbons (Fsp3) is 0.727. The molecular formula is C11H21NO2. The van der Waals surface area contributed by atoms with E-state index >= 15 is 0 Å². The molecule has 0 heterocycles. The highest BCUT2D eigenvalue weighted by molar-refractivity contribution is 5.81. The van der Waals surface area contributed by atoms with Crippen LogP contribution in [0.5, 0.6) is 0 Å². The summed E-state index contributed by atoms with van der Waals surface area (Å²) in [6.07, 6.45) is 5.50. The van der Waals surface area contributed by atoms with Gasteiger partial charge in [-0.25, -0.2) is 4.79 Å². The summed E-state index contributed by atoms with van der Waals surface area (Å²) >= 11 is 0. The Hall–Kier alpha value is -0.830. The number of carbonyl (C=O) groups excluding carboxylic acids is 1. The van der Waals surface area contributed by atoms with Crippen LogP contribution in [0, 0.1) is 0 Å². The molecule has 3 heteroatoms. The lowest BCUT2D eigenvalue weighted by atomic mass is 10.2. The Bertz CT molecular complexity index is 174. The standard InChI is InChI=1S/C11H21NO2/c1-4-10(5-2)12-9-7-8-11(13)14-6-3/h7-8,10,12H,4-6,9H2,1-3H3/b8-7+. The van der Waals surface area contributed by atoms with Crippen molar-refractivity contribution in [2.24, 2.45) is 0 Å². The quantitative estimate of drug-likeness (QED) is 0.502. The fourth-order valence-corrected chi connectivity index (χ4v) is 1.16. The maximum atomic E-state index is 10.9. The molecule has 0 unspecified atom stereocenters. The highest BCUT2D eigenvalue weighted by Crippen LogP contribution is 1.94. The molecule has 0 aliphatic rings. The summed E-state index contributed by atoms with van der Waals surface area (Å²) in [5.74, 6) is -0.265. The van der Waals surface area contributed by atoms with Crippen LogP contribution >= 0.6 is 0 Å². The van der Waals surface area contributed by atoms with E-state index in [0.29, 0.717) is 12.6 Å². The molecule has 0 saturated carbocycles. The number of carbonyl (C=O) groups is 1. The zero-order valence-electron chi connectivity index (χ0n) is 9.38. The van der Waals surface area contributed by atoms with E-state index in [0.717, 1.165) is 19.4 Å². The van der Waals surface area contributed by atoms with Crippen molar-refractivity contribution >= 4 is 5.97 Å². The van der Waals surface area contributed by atoms with Gasteiger partial charge in [0.1, 0.15) is 0 Å². The summed E-state index contributed by atoms with van der Waals surface area (Å²) in [6, 6.07) is 0.543. The topological polar surface area (TPSA) is 38.3 Å². The Kier molecular flexibility index (Phi) is 8.24. The molecule has 1 N–H and O–H groups in total. The molecule has 0 bridgehead atoms. The highest BCUT2D eigenvalue weighted by atomic mass is 16.5. The third-order valence-electron chi connectivity index (χ3n) is 2.05. The van der Waals surface area contributed by atoms with E-state index in [1.807, 2.05) is 0 Å². The molecule has 0 aliphatic carbocycles. The Morgan fingerprint density at radius 2 is 2.00 bits per heavy atom. The van der Waals surface area contributed by atoms with Crippen LogP contribution in [0.15, 0.2) is 12.2 Å². The Morgan fingerprint density at radius 3 is 2.50 bits per heavy atom. The maximum Gasteiger partial charge on any atom is 0.330 e. The third-order valence-corrected chi connectivity index (χ3v) is 2.05. The average Bonchev–Trinajstić information content (AvgIpc) is 2.19. The van der Waals surface area contributed by atoms with Crippen LogP contribution in [-0.4, -0.2) is 25.2 Å². The van der Waals surface area contributed by atoms with Crippen molar-refractivity contribution in [2.45, 2.75) is 39.7 Å². The first kappa shape index (κ1) is 13.2. The lowest BCUT2D eigenvalue weighted by Gasteiger charge is -2.12. The Morgan fingerprint density at radius 1 is 1.36 bits per heavy atom. The second kappa shape index (κ2) is 8.75. The largest absolute Gasteiger partial charge is 0.463 e. The van der Waals surface area contributed by atoms with Crippen molar-refractivity contribution in [3.63, 3.8) is 0 Å². The summed E-state index contributed by atoms with van der Waals surface area (Å²) in [5.41, 5.74) is 0. The van der Waals surface area contributed by atoms with Gasteiger partial charge in [-0.15, -0.1) is 0 Å². The van der Waals surface area contributed by atoms with Crippen molar-refractivity contribution in [2.75, 3.05) is 13.2 Å². The molecule has 0 saturated heterocycles. The molecule has 0 spiro atoms. The van der Waals surface area contributed by atoms with E-state index in [4.69, 9.17) is 4.74 Å². The van der Waals surface area contributed by atoms with Crippen molar-refractivity contribution in [1.29, 1.82) is 0 Å². The van der Waals surface area contributed by atoms with Gasteiger partial charge in [-0.3, -0.25) is 0 Å². The minimum Gasteiger partial charge on any atom is -0.463 e. The number of hydrogen-bond donors (Lipinski definition) is 1. The van der Waals surface area contributed by atoms with Gasteiger partial charge in [-0.2, -0.15) is 0 Å². The molecule has 0 aromatic carbocycles. The molecule has 0 atom stereocenters. The number of ether oxygens (including phenoxy) is 1. The second-order valence-corrected chi connectivity index (χ2v) is 3.08. The van der Waals surface area contributed by atoms with Gasteiger partial charge in [-0.05, 0) is 19.8 Å². The van der Waals surface area contributed by atoms with Crippen molar-refractivity contribution in [3.05, 3.63) is 12.2 Å². The summed E-state index contributed by atoms with van der Waals surface area (Å²) < 4.78 is 4.75. The molecule has 0 aromatic rings. The highest BCUT2D eigenvalue weighted by Gasteiger charge is 1.99. The number of rotatable bonds is 7. The van der Waals surface area contributed by atoms with Gasteiger partial charge in [0.2, 0.25) is 0 Å². The summed E-state index contributed by atoms with van der Waals surface area (Å²) in [4.78, 5) is 10.9. The minimum atomic E-state index is -0.265. The molecular weight excluding hydrogens is 178 g/mol. The molecule has 0 fully saturated rings. The van der Waals surface area contributed by atoms with E-state index < -0.39 is 0 Å². The van der Waals surface area contributed by atoms with Crippen LogP contribution in [0.4, 0.5) is 0 Å². The molecule has 0 rings (SSSR count). The SMILES string of the molecule is CCOC(=O)/C=C/CNC(CC)CC. The predicted molar refractivity (Wildman–Crippen MR) is 58.1 cm³/mol. The molecule has 0 amide bonds. The third kappa shape index (κ3) is 6.66. The molecule has 82 valence electrons. The molecule has 0 aromatic heterocycles. The van der Waals surface area contributed by atoms with Crippen molar-refractivity contribution in [1.82, 2.24) is 5.32 Å². The monoisotopic (exact) mass is 199 g/mol. The zero-order valence-corrected chi connectivity index (χ0v) is 9.38. The molecule has 3 nitrogen and oxygen atoms in total. The minimum absolute atomic E-state index is 0.265. The van der Waals surface area contributed by atoms with Gasteiger partial charge >= 0.3 is 5.97 Å². The summed E-state index contributed by atoms with van der Waals surface area (Å²) in [7, 11) is 0. The Balaban J connectivity index is 3.56. The van der Waals surface area contributed by atoms with Crippen LogP contribution in [-0.2, 0) is 9.53 Å². The van der Waals surface area contributed by atoms with E-state index in [9.17, 15) is 4.79 Å². The number of hydrogen-bond acceptors (Lipinski definition) is 3. The first-order valence-corrected chi connectivity index (χ1v) is 5.31. The predicted octanol–water partition coefficient (Wildman–Crippen LogP) is 1.88. The first-order chi connectivity index (χ1) is 6.74. The van der Waals surface area contributed by atoms with E-state index in [1.165, 1.54) is 6.08 Å². The van der Waals surface area contributed by atoms with Crippen LogP contribution < -0.4 is 5.32 Å². The van der Waals surface area contributed by atoms with Crippen molar-refractivity contribution in [3.8, 4) is 0 Å². The second-order valence-electron chi connectivity index (χ2n) is 3.08. The van der Waals surface area contributed by atoms with Crippen molar-refractivity contribution < 1.29 is 9.53 Å². The average molecular weight is 199 g/mol. The summed E-state index contributed by atoms with van der Waals surface area (Å²) in [5, 5.41) is 3.32. The van der Waals surface area contributed by atoms with Gasteiger partial charge in [-0.1, -0.05) is 19.9 Å². The molecule has 14 heavy (non-hydrogen) atoms. The van der Waals surface area contributed by atoms with Gasteiger partial charge in [0.25, 0.3) is 0 Å². The van der Waals surface area contributed by atoms with E-state index in [1.54, 1.807) is 13.0 Å². The maximum absolute atomic E-state index is 10.9. The van der Waals surface area contributed by atoms with Crippen LogP contribution in [0.2, 0.25) is 0 Å². The van der Waals surface area contributed by atoms with Gasteiger partial charge in [0.15, 0.2) is 0 Å². The van der Waals surface area contributed by atoms with Gasteiger partial charge < -0.3 is 10.1 Å². The van der Waals surface area contributed by atoms with E-state index in [2.05, 4.69) is 19.2 Å². The smallest absolute Gasteiger partial charge is 0.330 e. The first-order valence-electron chi connectivity index (χ1n) is 5.31. The van der Waals surface area contributed by atoms with E-state index in [-0.39, 0.29) is 5.97 Å². The molecule has 0 aliphatic heterocycles. The van der Waals surface area contributed by atoms with Crippen LogP contribution in [0.3, 0.4) is 0 Å². The molecule has 0 radical (unpaired) electrons. The van der Waals surface area contributed by atoms with Crippen LogP contribution in [0.1, 0.15) is 33.6 Å². The Labute approximate surface area is 86.5 Å². The fourth-order valence-electron chi connectivity index (χ4n) is 1.16. The van der Waals surface area contributed by atoms with Crippen LogP contribution in [0.25, 0.3) is 0 Å². The van der Waals surface area contributed by atoms with Gasteiger partial charge in [0, 0.05) is 18.7 Å². The lowest BCUT2D eigenvalue weighted by molar-refractivity contribution is -0.137. The summed E-state index contributed by atoms with van der Waals surface area (Å²) in [6.45, 7) is 7.26. The lowest BCUT2D eigenvalue weighted by Crippen LogP contribution is -2.27.